The van der Waals surface area contributed by atoms with Crippen LogP contribution in [0.5, 0.6) is 0 Å². The summed E-state index contributed by atoms with van der Waals surface area (Å²) >= 11 is 0. The van der Waals surface area contributed by atoms with Crippen LogP contribution in [0.15, 0.2) is 0 Å². The van der Waals surface area contributed by atoms with E-state index in [1.165, 1.54) is 19.3 Å². The smallest absolute Gasteiger partial charge is 0.122 e. The largest absolute Gasteiger partial charge is 0.377 e. The van der Waals surface area contributed by atoms with Crippen molar-refractivity contribution in [3.8, 4) is 6.07 Å². The third-order valence-corrected chi connectivity index (χ3v) is 4.43. The fourth-order valence-electron chi connectivity index (χ4n) is 3.28. The number of rotatable bonds is 8. The van der Waals surface area contributed by atoms with Crippen LogP contribution in [0.3, 0.4) is 0 Å². The predicted molar refractivity (Wildman–Crippen MR) is 80.4 cm³/mol. The average Bonchev–Trinajstić information content (AvgIpc) is 3.16. The summed E-state index contributed by atoms with van der Waals surface area (Å²) in [6, 6.07) is 2.95. The minimum absolute atomic E-state index is 0.344. The molecule has 0 radical (unpaired) electrons. The highest BCUT2D eigenvalue weighted by molar-refractivity contribution is 5.17. The van der Waals surface area contributed by atoms with E-state index >= 15 is 0 Å². The zero-order valence-corrected chi connectivity index (χ0v) is 13.2. The summed E-state index contributed by atoms with van der Waals surface area (Å²) in [5, 5.41) is 13.3. The number of nitriles is 1. The molecule has 2 rings (SSSR count). The van der Waals surface area contributed by atoms with E-state index in [2.05, 4.69) is 37.1 Å². The molecular weight excluding hydrogens is 250 g/mol. The molecule has 2 fully saturated rings. The van der Waals surface area contributed by atoms with Crippen molar-refractivity contribution >= 4 is 0 Å². The molecule has 20 heavy (non-hydrogen) atoms. The molecule has 1 N–H and O–H groups in total. The lowest BCUT2D eigenvalue weighted by Crippen LogP contribution is -2.57. The van der Waals surface area contributed by atoms with E-state index in [1.807, 2.05) is 0 Å². The summed E-state index contributed by atoms with van der Waals surface area (Å²) in [5.41, 5.74) is -0.372. The third-order valence-electron chi connectivity index (χ3n) is 4.43. The first-order valence-electron chi connectivity index (χ1n) is 8.12. The Morgan fingerprint density at radius 1 is 1.40 bits per heavy atom. The van der Waals surface area contributed by atoms with Crippen LogP contribution < -0.4 is 5.32 Å². The van der Waals surface area contributed by atoms with Gasteiger partial charge in [0.05, 0.1) is 12.2 Å². The number of likely N-dealkylation sites (N-methyl/N-ethyl adjacent to an activating group) is 1. The maximum absolute atomic E-state index is 9.77. The standard InChI is InChI=1S/C16H29N3O/c1-4-19(10-15-6-5-9-20-15)12-16(11-17,14-7-8-14)18-13(2)3/h13-15,18H,4-10,12H2,1-3H3. The summed E-state index contributed by atoms with van der Waals surface area (Å²) in [7, 11) is 0. The molecule has 0 bridgehead atoms. The van der Waals surface area contributed by atoms with E-state index in [0.717, 1.165) is 32.7 Å². The molecule has 0 spiro atoms. The van der Waals surface area contributed by atoms with Gasteiger partial charge in [-0.05, 0) is 52.0 Å². The van der Waals surface area contributed by atoms with E-state index in [-0.39, 0.29) is 5.54 Å². The lowest BCUT2D eigenvalue weighted by atomic mass is 9.92. The summed E-state index contributed by atoms with van der Waals surface area (Å²) in [4.78, 5) is 2.40. The van der Waals surface area contributed by atoms with Crippen molar-refractivity contribution in [2.75, 3.05) is 26.2 Å². The van der Waals surface area contributed by atoms with Crippen LogP contribution in [0, 0.1) is 17.2 Å². The van der Waals surface area contributed by atoms with Crippen LogP contribution >= 0.6 is 0 Å². The molecule has 114 valence electrons. The molecule has 0 amide bonds. The first-order chi connectivity index (χ1) is 9.59. The van der Waals surface area contributed by atoms with E-state index < -0.39 is 0 Å². The zero-order chi connectivity index (χ0) is 14.6. The van der Waals surface area contributed by atoms with Gasteiger partial charge in [-0.15, -0.1) is 0 Å². The Morgan fingerprint density at radius 2 is 2.15 bits per heavy atom. The van der Waals surface area contributed by atoms with Crippen LogP contribution in [0.1, 0.15) is 46.5 Å². The molecule has 0 aromatic rings. The summed E-state index contributed by atoms with van der Waals surface area (Å²) < 4.78 is 5.75. The van der Waals surface area contributed by atoms with Crippen LogP contribution in [0.2, 0.25) is 0 Å². The lowest BCUT2D eigenvalue weighted by Gasteiger charge is -2.36. The van der Waals surface area contributed by atoms with Crippen LogP contribution in [0.25, 0.3) is 0 Å². The van der Waals surface area contributed by atoms with E-state index in [1.54, 1.807) is 0 Å². The Hall–Kier alpha value is -0.630. The number of hydrogen-bond acceptors (Lipinski definition) is 4. The molecule has 2 unspecified atom stereocenters. The first-order valence-corrected chi connectivity index (χ1v) is 8.12. The number of ether oxygens (including phenoxy) is 1. The van der Waals surface area contributed by atoms with Crippen LogP contribution in [-0.4, -0.2) is 48.8 Å². The molecule has 1 saturated carbocycles. The summed E-state index contributed by atoms with van der Waals surface area (Å²) in [6.07, 6.45) is 5.08. The molecule has 0 aromatic carbocycles. The quantitative estimate of drug-likeness (QED) is 0.739. The number of hydrogen-bond donors (Lipinski definition) is 1. The molecule has 1 aliphatic carbocycles. The van der Waals surface area contributed by atoms with Crippen molar-refractivity contribution in [1.82, 2.24) is 10.2 Å². The van der Waals surface area contributed by atoms with E-state index in [4.69, 9.17) is 4.74 Å². The molecule has 2 atom stereocenters. The molecule has 1 heterocycles. The van der Waals surface area contributed by atoms with Gasteiger partial charge in [-0.25, -0.2) is 0 Å². The van der Waals surface area contributed by atoms with Crippen molar-refractivity contribution in [1.29, 1.82) is 5.26 Å². The highest BCUT2D eigenvalue weighted by atomic mass is 16.5. The fourth-order valence-corrected chi connectivity index (χ4v) is 3.28. The molecule has 4 nitrogen and oxygen atoms in total. The second-order valence-electron chi connectivity index (χ2n) is 6.62. The summed E-state index contributed by atoms with van der Waals surface area (Å²) in [6.45, 7) is 10.1. The minimum Gasteiger partial charge on any atom is -0.377 e. The Morgan fingerprint density at radius 3 is 2.60 bits per heavy atom. The molecule has 0 aromatic heterocycles. The van der Waals surface area contributed by atoms with Gasteiger partial charge in [0.15, 0.2) is 0 Å². The van der Waals surface area contributed by atoms with Gasteiger partial charge in [0.2, 0.25) is 0 Å². The predicted octanol–water partition coefficient (Wildman–Crippen LogP) is 2.16. The molecule has 1 saturated heterocycles. The van der Waals surface area contributed by atoms with Gasteiger partial charge in [0.1, 0.15) is 5.54 Å². The van der Waals surface area contributed by atoms with Gasteiger partial charge in [-0.2, -0.15) is 5.26 Å². The van der Waals surface area contributed by atoms with Gasteiger partial charge in [-0.3, -0.25) is 10.2 Å². The highest BCUT2D eigenvalue weighted by Crippen LogP contribution is 2.40. The first kappa shape index (κ1) is 15.8. The highest BCUT2D eigenvalue weighted by Gasteiger charge is 2.47. The van der Waals surface area contributed by atoms with Gasteiger partial charge in [0.25, 0.3) is 0 Å². The van der Waals surface area contributed by atoms with Crippen molar-refractivity contribution in [2.45, 2.75) is 64.1 Å². The van der Waals surface area contributed by atoms with Crippen molar-refractivity contribution < 1.29 is 4.74 Å². The molecule has 2 aliphatic rings. The monoisotopic (exact) mass is 279 g/mol. The Labute approximate surface area is 123 Å². The minimum atomic E-state index is -0.372. The maximum atomic E-state index is 9.77. The van der Waals surface area contributed by atoms with Gasteiger partial charge in [0, 0.05) is 25.7 Å². The van der Waals surface area contributed by atoms with Crippen LogP contribution in [0.4, 0.5) is 0 Å². The van der Waals surface area contributed by atoms with Crippen molar-refractivity contribution in [3.63, 3.8) is 0 Å². The van der Waals surface area contributed by atoms with Crippen molar-refractivity contribution in [2.24, 2.45) is 5.92 Å². The Balaban J connectivity index is 1.98. The second-order valence-corrected chi connectivity index (χ2v) is 6.62. The maximum Gasteiger partial charge on any atom is 0.122 e. The molecule has 1 aliphatic heterocycles. The van der Waals surface area contributed by atoms with Crippen molar-refractivity contribution in [3.05, 3.63) is 0 Å². The second kappa shape index (κ2) is 6.89. The van der Waals surface area contributed by atoms with Gasteiger partial charge < -0.3 is 4.74 Å². The van der Waals surface area contributed by atoms with E-state index in [9.17, 15) is 5.26 Å². The lowest BCUT2D eigenvalue weighted by molar-refractivity contribution is 0.0650. The zero-order valence-electron chi connectivity index (χ0n) is 13.2. The number of nitrogens with zero attached hydrogens (tertiary/aromatic N) is 2. The fraction of sp³-hybridized carbons (Fsp3) is 0.938. The van der Waals surface area contributed by atoms with E-state index in [0.29, 0.717) is 18.1 Å². The van der Waals surface area contributed by atoms with Crippen LogP contribution in [-0.2, 0) is 4.74 Å². The Kier molecular flexibility index (Phi) is 5.42. The molecule has 4 heteroatoms. The average molecular weight is 279 g/mol. The summed E-state index contributed by atoms with van der Waals surface area (Å²) in [5.74, 6) is 0.522. The van der Waals surface area contributed by atoms with Gasteiger partial charge in [-0.1, -0.05) is 6.92 Å². The third kappa shape index (κ3) is 3.94. The molecular formula is C16H29N3O. The Bertz CT molecular complexity index is 342. The normalized spacial score (nSPS) is 25.9. The van der Waals surface area contributed by atoms with Gasteiger partial charge >= 0.3 is 0 Å². The number of nitrogens with one attached hydrogen (secondary N) is 1. The topological polar surface area (TPSA) is 48.3 Å². The SMILES string of the molecule is CCN(CC1CCCO1)CC(C#N)(NC(C)C)C1CC1.